The molecule has 5 heteroatoms. The van der Waals surface area contributed by atoms with E-state index in [0.29, 0.717) is 29.0 Å². The van der Waals surface area contributed by atoms with E-state index in [-0.39, 0.29) is 0 Å². The van der Waals surface area contributed by atoms with Crippen LogP contribution in [0.25, 0.3) is 0 Å². The number of aryl methyl sites for hydroxylation is 2. The summed E-state index contributed by atoms with van der Waals surface area (Å²) >= 11 is 12.0. The average molecular weight is 285 g/mol. The molecular formula is C13H14Cl2N2O. The minimum atomic E-state index is 0.567. The van der Waals surface area contributed by atoms with Gasteiger partial charge in [0, 0.05) is 16.6 Å². The monoisotopic (exact) mass is 284 g/mol. The van der Waals surface area contributed by atoms with Crippen LogP contribution in [0, 0.1) is 13.8 Å². The van der Waals surface area contributed by atoms with Crippen LogP contribution in [-0.4, -0.2) is 4.98 Å². The van der Waals surface area contributed by atoms with Gasteiger partial charge in [-0.3, -0.25) is 0 Å². The molecule has 0 bridgehead atoms. The van der Waals surface area contributed by atoms with Crippen molar-refractivity contribution in [2.45, 2.75) is 26.9 Å². The second-order valence-corrected chi connectivity index (χ2v) is 4.93. The van der Waals surface area contributed by atoms with Crippen LogP contribution < -0.4 is 5.32 Å². The Morgan fingerprint density at radius 3 is 2.67 bits per heavy atom. The Bertz CT molecular complexity index is 532. The predicted octanol–water partition coefficient (Wildman–Crippen LogP) is 3.89. The van der Waals surface area contributed by atoms with Crippen molar-refractivity contribution in [2.24, 2.45) is 0 Å². The van der Waals surface area contributed by atoms with Crippen LogP contribution in [0.5, 0.6) is 0 Å². The number of hydrogen-bond donors (Lipinski definition) is 1. The molecule has 0 aliphatic rings. The highest BCUT2D eigenvalue weighted by Crippen LogP contribution is 2.20. The van der Waals surface area contributed by atoms with Crippen molar-refractivity contribution in [3.8, 4) is 0 Å². The van der Waals surface area contributed by atoms with Crippen molar-refractivity contribution in [3.63, 3.8) is 0 Å². The molecule has 0 aliphatic heterocycles. The van der Waals surface area contributed by atoms with Crippen LogP contribution in [0.3, 0.4) is 0 Å². The standard InChI is InChI=1S/C13H14Cl2N2O/c1-8-9(2)18-13(17-8)7-16-6-10-5-11(14)3-4-12(10)15/h3-5,16H,6-7H2,1-2H3. The lowest BCUT2D eigenvalue weighted by atomic mass is 10.2. The van der Waals surface area contributed by atoms with E-state index in [1.165, 1.54) is 0 Å². The Kier molecular flexibility index (Phi) is 4.27. The highest BCUT2D eigenvalue weighted by atomic mass is 35.5. The molecule has 2 rings (SSSR count). The fourth-order valence-electron chi connectivity index (χ4n) is 1.60. The van der Waals surface area contributed by atoms with Gasteiger partial charge >= 0.3 is 0 Å². The summed E-state index contributed by atoms with van der Waals surface area (Å²) in [5.41, 5.74) is 1.89. The number of halogens is 2. The molecule has 0 spiro atoms. The summed E-state index contributed by atoms with van der Waals surface area (Å²) in [5.74, 6) is 1.54. The largest absolute Gasteiger partial charge is 0.444 e. The van der Waals surface area contributed by atoms with E-state index in [2.05, 4.69) is 10.3 Å². The van der Waals surface area contributed by atoms with E-state index in [0.717, 1.165) is 17.0 Å². The number of benzene rings is 1. The van der Waals surface area contributed by atoms with Gasteiger partial charge in [0.15, 0.2) is 0 Å². The van der Waals surface area contributed by atoms with Gasteiger partial charge in [-0.25, -0.2) is 4.98 Å². The summed E-state index contributed by atoms with van der Waals surface area (Å²) in [5, 5.41) is 4.61. The van der Waals surface area contributed by atoms with E-state index in [1.54, 1.807) is 12.1 Å². The molecule has 1 heterocycles. The first-order chi connectivity index (χ1) is 8.56. The van der Waals surface area contributed by atoms with E-state index in [1.807, 2.05) is 19.9 Å². The molecule has 3 nitrogen and oxygen atoms in total. The van der Waals surface area contributed by atoms with Gasteiger partial charge in [-0.2, -0.15) is 0 Å². The van der Waals surface area contributed by atoms with E-state index < -0.39 is 0 Å². The zero-order chi connectivity index (χ0) is 13.1. The second kappa shape index (κ2) is 5.74. The average Bonchev–Trinajstić information content (AvgIpc) is 2.63. The SMILES string of the molecule is Cc1nc(CNCc2cc(Cl)ccc2Cl)oc1C. The zero-order valence-corrected chi connectivity index (χ0v) is 11.8. The first kappa shape index (κ1) is 13.4. The molecular weight excluding hydrogens is 271 g/mol. The summed E-state index contributed by atoms with van der Waals surface area (Å²) in [6.07, 6.45) is 0. The zero-order valence-electron chi connectivity index (χ0n) is 10.3. The smallest absolute Gasteiger partial charge is 0.208 e. The minimum Gasteiger partial charge on any atom is -0.444 e. The summed E-state index contributed by atoms with van der Waals surface area (Å²) in [4.78, 5) is 4.29. The summed E-state index contributed by atoms with van der Waals surface area (Å²) < 4.78 is 5.47. The summed E-state index contributed by atoms with van der Waals surface area (Å²) in [7, 11) is 0. The second-order valence-electron chi connectivity index (χ2n) is 4.09. The molecule has 0 amide bonds. The first-order valence-electron chi connectivity index (χ1n) is 5.64. The number of nitrogens with one attached hydrogen (secondary N) is 1. The number of aromatic nitrogens is 1. The van der Waals surface area contributed by atoms with Crippen molar-refractivity contribution < 1.29 is 4.42 Å². The van der Waals surface area contributed by atoms with Gasteiger partial charge in [-0.1, -0.05) is 23.2 Å². The highest BCUT2D eigenvalue weighted by molar-refractivity contribution is 6.33. The number of hydrogen-bond acceptors (Lipinski definition) is 3. The predicted molar refractivity (Wildman–Crippen MR) is 73.0 cm³/mol. The van der Waals surface area contributed by atoms with Gasteiger partial charge in [-0.15, -0.1) is 0 Å². The highest BCUT2D eigenvalue weighted by Gasteiger charge is 2.06. The van der Waals surface area contributed by atoms with Gasteiger partial charge < -0.3 is 9.73 Å². The lowest BCUT2D eigenvalue weighted by Crippen LogP contribution is -2.13. The number of nitrogens with zero attached hydrogens (tertiary/aromatic N) is 1. The third kappa shape index (κ3) is 3.25. The van der Waals surface area contributed by atoms with Gasteiger partial charge in [0.25, 0.3) is 0 Å². The summed E-state index contributed by atoms with van der Waals surface area (Å²) in [6, 6.07) is 5.41. The number of rotatable bonds is 4. The third-order valence-electron chi connectivity index (χ3n) is 2.67. The van der Waals surface area contributed by atoms with E-state index in [4.69, 9.17) is 27.6 Å². The molecule has 96 valence electrons. The summed E-state index contributed by atoms with van der Waals surface area (Å²) in [6.45, 7) is 5.02. The fraction of sp³-hybridized carbons (Fsp3) is 0.308. The maximum Gasteiger partial charge on any atom is 0.208 e. The van der Waals surface area contributed by atoms with Crippen molar-refractivity contribution in [2.75, 3.05) is 0 Å². The lowest BCUT2D eigenvalue weighted by Gasteiger charge is -2.05. The molecule has 0 fully saturated rings. The number of oxazole rings is 1. The van der Waals surface area contributed by atoms with Crippen LogP contribution in [-0.2, 0) is 13.1 Å². The molecule has 0 aliphatic carbocycles. The van der Waals surface area contributed by atoms with Gasteiger partial charge in [-0.05, 0) is 37.6 Å². The van der Waals surface area contributed by atoms with Crippen molar-refractivity contribution in [3.05, 3.63) is 51.2 Å². The van der Waals surface area contributed by atoms with Crippen LogP contribution in [0.4, 0.5) is 0 Å². The Balaban J connectivity index is 1.94. The molecule has 2 aromatic rings. The molecule has 18 heavy (non-hydrogen) atoms. The van der Waals surface area contributed by atoms with Crippen LogP contribution in [0.15, 0.2) is 22.6 Å². The van der Waals surface area contributed by atoms with Crippen molar-refractivity contribution >= 4 is 23.2 Å². The molecule has 0 unspecified atom stereocenters. The Hall–Kier alpha value is -1.03. The topological polar surface area (TPSA) is 38.1 Å². The molecule has 0 radical (unpaired) electrons. The Labute approximate surface area is 116 Å². The molecule has 0 saturated carbocycles. The molecule has 1 N–H and O–H groups in total. The van der Waals surface area contributed by atoms with Crippen LogP contribution >= 0.6 is 23.2 Å². The maximum absolute atomic E-state index is 6.07. The third-order valence-corrected chi connectivity index (χ3v) is 3.28. The molecule has 0 saturated heterocycles. The van der Waals surface area contributed by atoms with Crippen LogP contribution in [0.2, 0.25) is 10.0 Å². The lowest BCUT2D eigenvalue weighted by molar-refractivity contribution is 0.448. The van der Waals surface area contributed by atoms with Gasteiger partial charge in [0.1, 0.15) is 5.76 Å². The Morgan fingerprint density at radius 1 is 1.22 bits per heavy atom. The van der Waals surface area contributed by atoms with Gasteiger partial charge in [0.05, 0.1) is 12.2 Å². The molecule has 1 aromatic carbocycles. The minimum absolute atomic E-state index is 0.567. The fourth-order valence-corrected chi connectivity index (χ4v) is 1.98. The first-order valence-corrected chi connectivity index (χ1v) is 6.39. The van der Waals surface area contributed by atoms with Crippen LogP contribution in [0.1, 0.15) is 22.9 Å². The maximum atomic E-state index is 6.07. The van der Waals surface area contributed by atoms with E-state index >= 15 is 0 Å². The van der Waals surface area contributed by atoms with Crippen molar-refractivity contribution in [1.29, 1.82) is 0 Å². The van der Waals surface area contributed by atoms with Crippen molar-refractivity contribution in [1.82, 2.24) is 10.3 Å². The normalized spacial score (nSPS) is 10.9. The van der Waals surface area contributed by atoms with Gasteiger partial charge in [0.2, 0.25) is 5.89 Å². The quantitative estimate of drug-likeness (QED) is 0.926. The molecule has 1 aromatic heterocycles. The van der Waals surface area contributed by atoms with E-state index in [9.17, 15) is 0 Å². The molecule has 0 atom stereocenters. The Morgan fingerprint density at radius 2 is 2.00 bits per heavy atom.